The number of anilines is 2. The molecule has 0 saturated carbocycles. The molecule has 1 aliphatic rings. The number of aromatic nitrogens is 2. The SMILES string of the molecule is COC(=O)c1ccc2c(c1)CCN(c1cc(C)nc(NCc3ccccc3)n1)C2. The van der Waals surface area contributed by atoms with Crippen molar-refractivity contribution in [1.82, 2.24) is 9.97 Å². The van der Waals surface area contributed by atoms with Crippen molar-refractivity contribution in [3.63, 3.8) is 0 Å². The average Bonchev–Trinajstić information content (AvgIpc) is 2.76. The third-order valence-corrected chi connectivity index (χ3v) is 5.10. The summed E-state index contributed by atoms with van der Waals surface area (Å²) in [7, 11) is 1.41. The van der Waals surface area contributed by atoms with Crippen LogP contribution in [0.2, 0.25) is 0 Å². The second-order valence-electron chi connectivity index (χ2n) is 7.18. The molecule has 148 valence electrons. The molecule has 2 aromatic carbocycles. The number of aryl methyl sites for hydroxylation is 1. The summed E-state index contributed by atoms with van der Waals surface area (Å²) >= 11 is 0. The molecule has 6 nitrogen and oxygen atoms in total. The third kappa shape index (κ3) is 4.37. The first kappa shape index (κ1) is 18.9. The molecule has 4 rings (SSSR count). The topological polar surface area (TPSA) is 67.3 Å². The first-order valence-electron chi connectivity index (χ1n) is 9.71. The minimum atomic E-state index is -0.296. The predicted molar refractivity (Wildman–Crippen MR) is 113 cm³/mol. The monoisotopic (exact) mass is 388 g/mol. The molecular formula is C23H24N4O2. The summed E-state index contributed by atoms with van der Waals surface area (Å²) in [5.74, 6) is 1.25. The fourth-order valence-electron chi connectivity index (χ4n) is 3.56. The molecule has 6 heteroatoms. The number of hydrogen-bond donors (Lipinski definition) is 1. The number of carbonyl (C=O) groups is 1. The van der Waals surface area contributed by atoms with Crippen LogP contribution in [0.4, 0.5) is 11.8 Å². The van der Waals surface area contributed by atoms with Crippen molar-refractivity contribution in [3.05, 3.63) is 82.5 Å². The number of benzene rings is 2. The highest BCUT2D eigenvalue weighted by molar-refractivity contribution is 5.89. The summed E-state index contributed by atoms with van der Waals surface area (Å²) in [6.45, 7) is 4.26. The number of rotatable bonds is 5. The van der Waals surface area contributed by atoms with E-state index in [1.165, 1.54) is 23.8 Å². The van der Waals surface area contributed by atoms with Gasteiger partial charge in [-0.25, -0.2) is 9.78 Å². The molecule has 0 bridgehead atoms. The van der Waals surface area contributed by atoms with Gasteiger partial charge in [-0.05, 0) is 42.2 Å². The number of ether oxygens (including phenoxy) is 1. The first-order chi connectivity index (χ1) is 14.1. The van der Waals surface area contributed by atoms with E-state index in [4.69, 9.17) is 9.72 Å². The van der Waals surface area contributed by atoms with E-state index < -0.39 is 0 Å². The minimum Gasteiger partial charge on any atom is -0.465 e. The highest BCUT2D eigenvalue weighted by atomic mass is 16.5. The van der Waals surface area contributed by atoms with Crippen LogP contribution in [0.1, 0.15) is 32.7 Å². The van der Waals surface area contributed by atoms with E-state index in [0.29, 0.717) is 18.1 Å². The molecule has 2 heterocycles. The normalized spacial score (nSPS) is 13.0. The lowest BCUT2D eigenvalue weighted by atomic mass is 9.97. The Morgan fingerprint density at radius 2 is 1.93 bits per heavy atom. The van der Waals surface area contributed by atoms with E-state index in [-0.39, 0.29) is 5.97 Å². The van der Waals surface area contributed by atoms with Gasteiger partial charge in [0.15, 0.2) is 0 Å². The van der Waals surface area contributed by atoms with Crippen LogP contribution in [0.5, 0.6) is 0 Å². The maximum absolute atomic E-state index is 11.8. The van der Waals surface area contributed by atoms with E-state index >= 15 is 0 Å². The van der Waals surface area contributed by atoms with Crippen molar-refractivity contribution in [1.29, 1.82) is 0 Å². The number of carbonyl (C=O) groups excluding carboxylic acids is 1. The van der Waals surface area contributed by atoms with Crippen LogP contribution in [-0.2, 0) is 24.2 Å². The second kappa shape index (κ2) is 8.31. The standard InChI is InChI=1S/C23H24N4O2/c1-16-12-21(26-23(25-16)24-14-17-6-4-3-5-7-17)27-11-10-18-13-19(22(28)29-2)8-9-20(18)15-27/h3-9,12-13H,10-11,14-15H2,1-2H3,(H,24,25,26). The Morgan fingerprint density at radius 1 is 1.10 bits per heavy atom. The predicted octanol–water partition coefficient (Wildman–Crippen LogP) is 3.75. The minimum absolute atomic E-state index is 0.296. The van der Waals surface area contributed by atoms with E-state index in [0.717, 1.165) is 31.0 Å². The van der Waals surface area contributed by atoms with Gasteiger partial charge in [0.05, 0.1) is 12.7 Å². The van der Waals surface area contributed by atoms with Crippen LogP contribution in [0.25, 0.3) is 0 Å². The van der Waals surface area contributed by atoms with Crippen LogP contribution in [0.15, 0.2) is 54.6 Å². The molecule has 1 aromatic heterocycles. The van der Waals surface area contributed by atoms with E-state index in [2.05, 4.69) is 27.3 Å². The first-order valence-corrected chi connectivity index (χ1v) is 9.71. The van der Waals surface area contributed by atoms with Crippen molar-refractivity contribution in [2.45, 2.75) is 26.4 Å². The van der Waals surface area contributed by atoms with Crippen molar-refractivity contribution in [2.75, 3.05) is 23.9 Å². The summed E-state index contributed by atoms with van der Waals surface area (Å²) in [4.78, 5) is 23.3. The van der Waals surface area contributed by atoms with Gasteiger partial charge in [0.2, 0.25) is 5.95 Å². The molecule has 0 aliphatic carbocycles. The lowest BCUT2D eigenvalue weighted by Crippen LogP contribution is -2.31. The lowest BCUT2D eigenvalue weighted by Gasteiger charge is -2.30. The van der Waals surface area contributed by atoms with Gasteiger partial charge in [0, 0.05) is 31.4 Å². The molecule has 0 atom stereocenters. The Hall–Kier alpha value is -3.41. The molecule has 0 amide bonds. The van der Waals surface area contributed by atoms with Gasteiger partial charge in [0.25, 0.3) is 0 Å². The maximum atomic E-state index is 11.8. The molecule has 0 radical (unpaired) electrons. The molecule has 3 aromatic rings. The summed E-state index contributed by atoms with van der Waals surface area (Å²) in [5.41, 5.74) is 5.12. The Bertz CT molecular complexity index is 1020. The summed E-state index contributed by atoms with van der Waals surface area (Å²) < 4.78 is 4.83. The van der Waals surface area contributed by atoms with E-state index in [1.54, 1.807) is 0 Å². The molecule has 0 spiro atoms. The molecule has 0 fully saturated rings. The molecule has 0 unspecified atom stereocenters. The van der Waals surface area contributed by atoms with Crippen molar-refractivity contribution < 1.29 is 9.53 Å². The Morgan fingerprint density at radius 3 is 2.72 bits per heavy atom. The van der Waals surface area contributed by atoms with Gasteiger partial charge in [-0.3, -0.25) is 0 Å². The van der Waals surface area contributed by atoms with Crippen LogP contribution >= 0.6 is 0 Å². The van der Waals surface area contributed by atoms with Gasteiger partial charge in [-0.2, -0.15) is 4.98 Å². The molecule has 29 heavy (non-hydrogen) atoms. The smallest absolute Gasteiger partial charge is 0.337 e. The Balaban J connectivity index is 1.50. The van der Waals surface area contributed by atoms with E-state index in [9.17, 15) is 4.79 Å². The number of esters is 1. The quantitative estimate of drug-likeness (QED) is 0.672. The fraction of sp³-hybridized carbons (Fsp3) is 0.261. The zero-order valence-corrected chi connectivity index (χ0v) is 16.7. The van der Waals surface area contributed by atoms with Crippen LogP contribution < -0.4 is 10.2 Å². The van der Waals surface area contributed by atoms with Gasteiger partial charge in [-0.15, -0.1) is 0 Å². The second-order valence-corrected chi connectivity index (χ2v) is 7.18. The summed E-state index contributed by atoms with van der Waals surface area (Å²) in [5, 5.41) is 3.33. The number of nitrogens with zero attached hydrogens (tertiary/aromatic N) is 3. The third-order valence-electron chi connectivity index (χ3n) is 5.10. The van der Waals surface area contributed by atoms with Gasteiger partial charge in [-0.1, -0.05) is 36.4 Å². The lowest BCUT2D eigenvalue weighted by molar-refractivity contribution is 0.0600. The average molecular weight is 388 g/mol. The van der Waals surface area contributed by atoms with Crippen LogP contribution in [-0.4, -0.2) is 29.6 Å². The van der Waals surface area contributed by atoms with Crippen molar-refractivity contribution in [2.24, 2.45) is 0 Å². The van der Waals surface area contributed by atoms with Gasteiger partial charge >= 0.3 is 5.97 Å². The molecular weight excluding hydrogens is 364 g/mol. The summed E-state index contributed by atoms with van der Waals surface area (Å²) in [6.07, 6.45) is 0.857. The zero-order valence-electron chi connectivity index (χ0n) is 16.7. The Labute approximate surface area is 170 Å². The zero-order chi connectivity index (χ0) is 20.2. The van der Waals surface area contributed by atoms with Crippen LogP contribution in [0.3, 0.4) is 0 Å². The highest BCUT2D eigenvalue weighted by Crippen LogP contribution is 2.25. The van der Waals surface area contributed by atoms with Gasteiger partial charge in [0.1, 0.15) is 5.82 Å². The fourth-order valence-corrected chi connectivity index (χ4v) is 3.56. The highest BCUT2D eigenvalue weighted by Gasteiger charge is 2.20. The molecule has 1 N–H and O–H groups in total. The maximum Gasteiger partial charge on any atom is 0.337 e. The van der Waals surface area contributed by atoms with Crippen LogP contribution in [0, 0.1) is 6.92 Å². The van der Waals surface area contributed by atoms with E-state index in [1.807, 2.05) is 49.4 Å². The number of fused-ring (bicyclic) bond motifs is 1. The molecule has 1 aliphatic heterocycles. The van der Waals surface area contributed by atoms with Crippen molar-refractivity contribution >= 4 is 17.7 Å². The molecule has 0 saturated heterocycles. The summed E-state index contributed by atoms with van der Waals surface area (Å²) in [6, 6.07) is 18.0. The largest absolute Gasteiger partial charge is 0.465 e. The van der Waals surface area contributed by atoms with Gasteiger partial charge < -0.3 is 15.0 Å². The number of nitrogens with one attached hydrogen (secondary N) is 1. The number of hydrogen-bond acceptors (Lipinski definition) is 6. The Kier molecular flexibility index (Phi) is 5.42. The van der Waals surface area contributed by atoms with Crippen molar-refractivity contribution in [3.8, 4) is 0 Å². The number of methoxy groups -OCH3 is 1.